The Morgan fingerprint density at radius 2 is 2.06 bits per heavy atom. The number of hydrogen-bond acceptors (Lipinski definition) is 4. The Morgan fingerprint density at radius 1 is 1.50 bits per heavy atom. The third-order valence-electron chi connectivity index (χ3n) is 2.64. The van der Waals surface area contributed by atoms with E-state index in [2.05, 4.69) is 4.98 Å². The van der Waals surface area contributed by atoms with Crippen molar-refractivity contribution >= 4 is 16.0 Å². The fraction of sp³-hybridized carbons (Fsp3) is 0.400. The van der Waals surface area contributed by atoms with E-state index in [9.17, 15) is 17.6 Å². The van der Waals surface area contributed by atoms with Crippen molar-refractivity contribution in [1.29, 1.82) is 0 Å². The van der Waals surface area contributed by atoms with Crippen molar-refractivity contribution < 1.29 is 22.7 Å². The van der Waals surface area contributed by atoms with Crippen LogP contribution in [0.25, 0.3) is 0 Å². The number of nitrogens with zero attached hydrogens (tertiary/aromatic N) is 2. The molecule has 6 nitrogen and oxygen atoms in total. The smallest absolute Gasteiger partial charge is 0.324 e. The van der Waals surface area contributed by atoms with Crippen molar-refractivity contribution in [2.45, 2.75) is 24.4 Å². The average Bonchev–Trinajstić information content (AvgIpc) is 2.28. The quantitative estimate of drug-likeness (QED) is 0.874. The summed E-state index contributed by atoms with van der Waals surface area (Å²) in [6.45, 7) is 2.40. The van der Waals surface area contributed by atoms with Crippen molar-refractivity contribution in [1.82, 2.24) is 9.29 Å². The van der Waals surface area contributed by atoms with Crippen LogP contribution in [0.1, 0.15) is 13.8 Å². The van der Waals surface area contributed by atoms with E-state index in [1.807, 2.05) is 0 Å². The molecule has 0 amide bonds. The van der Waals surface area contributed by atoms with Gasteiger partial charge in [0, 0.05) is 13.2 Å². The molecule has 18 heavy (non-hydrogen) atoms. The van der Waals surface area contributed by atoms with Gasteiger partial charge in [0.05, 0.1) is 0 Å². The highest BCUT2D eigenvalue weighted by molar-refractivity contribution is 7.89. The van der Waals surface area contributed by atoms with Gasteiger partial charge in [0.15, 0.2) is 5.82 Å². The van der Waals surface area contributed by atoms with Gasteiger partial charge < -0.3 is 5.11 Å². The zero-order valence-electron chi connectivity index (χ0n) is 10.1. The van der Waals surface area contributed by atoms with Gasteiger partial charge in [-0.1, -0.05) is 0 Å². The summed E-state index contributed by atoms with van der Waals surface area (Å²) in [7, 11) is -3.24. The zero-order chi connectivity index (χ0) is 14.1. The van der Waals surface area contributed by atoms with Gasteiger partial charge in [0.2, 0.25) is 5.03 Å². The minimum Gasteiger partial charge on any atom is -0.480 e. The minimum atomic E-state index is -4.31. The van der Waals surface area contributed by atoms with Gasteiger partial charge in [-0.3, -0.25) is 4.79 Å². The van der Waals surface area contributed by atoms with Gasteiger partial charge in [-0.25, -0.2) is 17.8 Å². The Bertz CT molecular complexity index is 571. The number of likely N-dealkylation sites (N-methyl/N-ethyl adjacent to an activating group) is 1. The third-order valence-corrected chi connectivity index (χ3v) is 4.61. The van der Waals surface area contributed by atoms with E-state index in [0.717, 1.165) is 19.3 Å². The first kappa shape index (κ1) is 14.5. The number of pyridine rings is 1. The lowest BCUT2D eigenvalue weighted by atomic mass is 10.1. The lowest BCUT2D eigenvalue weighted by Gasteiger charge is -2.30. The molecule has 1 N–H and O–H groups in total. The van der Waals surface area contributed by atoms with Gasteiger partial charge in [-0.05, 0) is 26.0 Å². The maximum absolute atomic E-state index is 13.4. The molecule has 0 aromatic carbocycles. The molecule has 0 radical (unpaired) electrons. The number of carboxylic acid groups (broad SMARTS) is 1. The minimum absolute atomic E-state index is 0.577. The molecule has 1 rings (SSSR count). The van der Waals surface area contributed by atoms with E-state index in [-0.39, 0.29) is 0 Å². The van der Waals surface area contributed by atoms with Gasteiger partial charge >= 0.3 is 5.97 Å². The van der Waals surface area contributed by atoms with Crippen LogP contribution in [0.3, 0.4) is 0 Å². The number of aliphatic carboxylic acids is 1. The summed E-state index contributed by atoms with van der Waals surface area (Å²) >= 11 is 0. The maximum atomic E-state index is 13.4. The summed E-state index contributed by atoms with van der Waals surface area (Å²) in [5.74, 6) is -2.37. The molecule has 0 atom stereocenters. The standard InChI is InChI=1S/C10H13FN2O4S/c1-10(2,9(14)15)13(3)18(16,17)8-7(11)5-4-6-12-8/h4-6H,1-3H3,(H,14,15). The highest BCUT2D eigenvalue weighted by Crippen LogP contribution is 2.23. The molecule has 100 valence electrons. The summed E-state index contributed by atoms with van der Waals surface area (Å²) < 4.78 is 38.1. The predicted molar refractivity (Wildman–Crippen MR) is 60.9 cm³/mol. The molecule has 0 fully saturated rings. The normalized spacial score (nSPS) is 12.7. The van der Waals surface area contributed by atoms with Crippen molar-refractivity contribution in [3.8, 4) is 0 Å². The first-order valence-electron chi connectivity index (χ1n) is 4.94. The first-order valence-corrected chi connectivity index (χ1v) is 6.38. The predicted octanol–water partition coefficient (Wildman–Crippen LogP) is 0.704. The van der Waals surface area contributed by atoms with Crippen LogP contribution in [0.15, 0.2) is 23.4 Å². The molecule has 0 saturated heterocycles. The third kappa shape index (κ3) is 2.34. The molecule has 0 aliphatic heterocycles. The number of halogens is 1. The van der Waals surface area contributed by atoms with Crippen molar-refractivity contribution in [2.75, 3.05) is 7.05 Å². The van der Waals surface area contributed by atoms with Crippen LogP contribution >= 0.6 is 0 Å². The molecule has 0 aliphatic carbocycles. The molecule has 0 saturated carbocycles. The summed E-state index contributed by atoms with van der Waals surface area (Å²) in [6.07, 6.45) is 1.12. The second-order valence-electron chi connectivity index (χ2n) is 4.13. The van der Waals surface area contributed by atoms with Crippen LogP contribution in [0.4, 0.5) is 4.39 Å². The monoisotopic (exact) mass is 276 g/mol. The second kappa shape index (κ2) is 4.62. The highest BCUT2D eigenvalue weighted by atomic mass is 32.2. The summed E-state index contributed by atoms with van der Waals surface area (Å²) in [6, 6.07) is 2.19. The van der Waals surface area contributed by atoms with E-state index in [1.54, 1.807) is 0 Å². The highest BCUT2D eigenvalue weighted by Gasteiger charge is 2.41. The Labute approximate surface area is 104 Å². The number of rotatable bonds is 4. The van der Waals surface area contributed by atoms with Gasteiger partial charge in [0.1, 0.15) is 5.54 Å². The van der Waals surface area contributed by atoms with Crippen molar-refractivity contribution in [3.05, 3.63) is 24.1 Å². The second-order valence-corrected chi connectivity index (χ2v) is 6.01. The van der Waals surface area contributed by atoms with Crippen LogP contribution in [-0.4, -0.2) is 41.4 Å². The molecular formula is C10H13FN2O4S. The number of carbonyl (C=O) groups is 1. The van der Waals surface area contributed by atoms with E-state index < -0.39 is 32.4 Å². The average molecular weight is 276 g/mol. The molecule has 0 bridgehead atoms. The van der Waals surface area contributed by atoms with Crippen LogP contribution in [-0.2, 0) is 14.8 Å². The Hall–Kier alpha value is -1.54. The molecule has 8 heteroatoms. The Kier molecular flexibility index (Phi) is 3.72. The fourth-order valence-electron chi connectivity index (χ4n) is 1.13. The lowest BCUT2D eigenvalue weighted by Crippen LogP contribution is -2.50. The Balaban J connectivity index is 3.33. The molecule has 0 spiro atoms. The Morgan fingerprint density at radius 3 is 2.50 bits per heavy atom. The number of carboxylic acids is 1. The van der Waals surface area contributed by atoms with Gasteiger partial charge in [-0.15, -0.1) is 0 Å². The molecule has 1 heterocycles. The maximum Gasteiger partial charge on any atom is 0.324 e. The van der Waals surface area contributed by atoms with E-state index >= 15 is 0 Å². The van der Waals surface area contributed by atoms with Crippen molar-refractivity contribution in [3.63, 3.8) is 0 Å². The summed E-state index contributed by atoms with van der Waals surface area (Å²) in [5.41, 5.74) is -1.71. The SMILES string of the molecule is CN(C(C)(C)C(=O)O)S(=O)(=O)c1ncccc1F. The van der Waals surface area contributed by atoms with Crippen LogP contribution in [0, 0.1) is 5.82 Å². The number of sulfonamides is 1. The topological polar surface area (TPSA) is 87.6 Å². The number of hydrogen-bond donors (Lipinski definition) is 1. The molecule has 1 aromatic rings. The van der Waals surface area contributed by atoms with E-state index in [0.29, 0.717) is 4.31 Å². The molecule has 1 aromatic heterocycles. The van der Waals surface area contributed by atoms with Crippen LogP contribution in [0.2, 0.25) is 0 Å². The van der Waals surface area contributed by atoms with Gasteiger partial charge in [0.25, 0.3) is 10.0 Å². The summed E-state index contributed by atoms with van der Waals surface area (Å²) in [5, 5.41) is 8.18. The van der Waals surface area contributed by atoms with Crippen LogP contribution < -0.4 is 0 Å². The zero-order valence-corrected chi connectivity index (χ0v) is 10.9. The lowest BCUT2D eigenvalue weighted by molar-refractivity contribution is -0.145. The number of aromatic nitrogens is 1. The molecular weight excluding hydrogens is 263 g/mol. The van der Waals surface area contributed by atoms with Crippen LogP contribution in [0.5, 0.6) is 0 Å². The molecule has 0 aliphatic rings. The first-order chi connectivity index (χ1) is 8.11. The van der Waals surface area contributed by atoms with E-state index in [1.165, 1.54) is 19.9 Å². The fourth-order valence-corrected chi connectivity index (χ4v) is 2.57. The van der Waals surface area contributed by atoms with E-state index in [4.69, 9.17) is 5.11 Å². The largest absolute Gasteiger partial charge is 0.480 e. The van der Waals surface area contributed by atoms with Gasteiger partial charge in [-0.2, -0.15) is 4.31 Å². The van der Waals surface area contributed by atoms with Crippen molar-refractivity contribution in [2.24, 2.45) is 0 Å². The molecule has 0 unspecified atom stereocenters. The summed E-state index contributed by atoms with van der Waals surface area (Å²) in [4.78, 5) is 14.5.